The summed E-state index contributed by atoms with van der Waals surface area (Å²) in [5, 5.41) is 19.9. The Kier molecular flexibility index (Phi) is 5.21. The summed E-state index contributed by atoms with van der Waals surface area (Å²) < 4.78 is 0. The van der Waals surface area contributed by atoms with Crippen molar-refractivity contribution in [1.82, 2.24) is 10.2 Å². The number of hydrogen-bond acceptors (Lipinski definition) is 3. The average molecular weight is 244 g/mol. The van der Waals surface area contributed by atoms with Crippen LogP contribution in [0.2, 0.25) is 0 Å². The van der Waals surface area contributed by atoms with Crippen molar-refractivity contribution in [2.45, 2.75) is 44.7 Å². The fourth-order valence-electron chi connectivity index (χ4n) is 1.58. The van der Waals surface area contributed by atoms with E-state index in [2.05, 4.69) is 5.32 Å². The third-order valence-corrected chi connectivity index (χ3v) is 2.78. The molecule has 0 aromatic rings. The molecule has 0 radical (unpaired) electrons. The molecule has 6 heteroatoms. The van der Waals surface area contributed by atoms with Gasteiger partial charge in [-0.05, 0) is 19.3 Å². The Morgan fingerprint density at radius 1 is 1.47 bits per heavy atom. The first-order valence-corrected chi connectivity index (χ1v) is 6.01. The molecule has 6 nitrogen and oxygen atoms in total. The number of amides is 2. The molecule has 1 saturated carbocycles. The molecule has 1 aliphatic rings. The van der Waals surface area contributed by atoms with Gasteiger partial charge in [0.15, 0.2) is 6.04 Å². The molecule has 1 rings (SSSR count). The molecule has 0 unspecified atom stereocenters. The molecule has 0 aromatic heterocycles. The van der Waals surface area contributed by atoms with Gasteiger partial charge in [0, 0.05) is 12.6 Å². The van der Waals surface area contributed by atoms with Crippen LogP contribution >= 0.6 is 0 Å². The minimum atomic E-state index is -1.22. The van der Waals surface area contributed by atoms with Crippen LogP contribution in [0.5, 0.6) is 0 Å². The van der Waals surface area contributed by atoms with Gasteiger partial charge in [-0.1, -0.05) is 13.3 Å². The Bertz CT molecular complexity index is 279. The van der Waals surface area contributed by atoms with Crippen molar-refractivity contribution in [3.05, 3.63) is 0 Å². The summed E-state index contributed by atoms with van der Waals surface area (Å²) in [5.41, 5.74) is 0. The summed E-state index contributed by atoms with van der Waals surface area (Å²) in [4.78, 5) is 24.2. The maximum atomic E-state index is 11.8. The van der Waals surface area contributed by atoms with Crippen molar-refractivity contribution in [2.75, 3.05) is 13.2 Å². The number of carboxylic acid groups (broad SMARTS) is 1. The Hall–Kier alpha value is -1.30. The van der Waals surface area contributed by atoms with E-state index in [0.717, 1.165) is 25.7 Å². The van der Waals surface area contributed by atoms with Crippen LogP contribution in [-0.4, -0.2) is 52.3 Å². The number of nitrogens with one attached hydrogen (secondary N) is 1. The normalized spacial score (nSPS) is 16.4. The van der Waals surface area contributed by atoms with Crippen molar-refractivity contribution in [3.63, 3.8) is 0 Å². The zero-order valence-corrected chi connectivity index (χ0v) is 10.1. The molecule has 17 heavy (non-hydrogen) atoms. The van der Waals surface area contributed by atoms with Gasteiger partial charge in [0.2, 0.25) is 0 Å². The zero-order valence-electron chi connectivity index (χ0n) is 10.1. The second kappa shape index (κ2) is 6.44. The summed E-state index contributed by atoms with van der Waals surface area (Å²) in [5.74, 6) is -1.22. The second-order valence-electron chi connectivity index (χ2n) is 4.30. The minimum Gasteiger partial charge on any atom is -0.480 e. The van der Waals surface area contributed by atoms with Crippen LogP contribution in [0.4, 0.5) is 4.79 Å². The van der Waals surface area contributed by atoms with E-state index in [0.29, 0.717) is 6.54 Å². The Morgan fingerprint density at radius 3 is 2.53 bits per heavy atom. The van der Waals surface area contributed by atoms with Crippen LogP contribution in [0, 0.1) is 0 Å². The number of carboxylic acids is 1. The number of carbonyl (C=O) groups is 2. The van der Waals surface area contributed by atoms with E-state index < -0.39 is 18.6 Å². The van der Waals surface area contributed by atoms with Crippen molar-refractivity contribution >= 4 is 12.0 Å². The van der Waals surface area contributed by atoms with Gasteiger partial charge >= 0.3 is 12.0 Å². The molecule has 0 heterocycles. The fourth-order valence-corrected chi connectivity index (χ4v) is 1.58. The summed E-state index contributed by atoms with van der Waals surface area (Å²) in [6, 6.07) is -1.36. The van der Waals surface area contributed by atoms with E-state index >= 15 is 0 Å². The highest BCUT2D eigenvalue weighted by molar-refractivity contribution is 5.83. The van der Waals surface area contributed by atoms with Crippen molar-refractivity contribution in [3.8, 4) is 0 Å². The largest absolute Gasteiger partial charge is 0.480 e. The lowest BCUT2D eigenvalue weighted by atomic mass is 10.3. The van der Waals surface area contributed by atoms with Crippen LogP contribution in [-0.2, 0) is 4.79 Å². The quantitative estimate of drug-likeness (QED) is 0.605. The third kappa shape index (κ3) is 4.22. The molecule has 2 amide bonds. The van der Waals surface area contributed by atoms with Gasteiger partial charge < -0.3 is 20.4 Å². The van der Waals surface area contributed by atoms with Gasteiger partial charge in [0.25, 0.3) is 0 Å². The van der Waals surface area contributed by atoms with Gasteiger partial charge in [-0.2, -0.15) is 0 Å². The fraction of sp³-hybridized carbons (Fsp3) is 0.818. The summed E-state index contributed by atoms with van der Waals surface area (Å²) in [6.07, 6.45) is 3.85. The monoisotopic (exact) mass is 244 g/mol. The zero-order chi connectivity index (χ0) is 12.8. The number of unbranched alkanes of at least 4 members (excludes halogenated alkanes) is 1. The molecule has 0 bridgehead atoms. The molecular formula is C11H20N2O4. The van der Waals surface area contributed by atoms with Crippen LogP contribution in [0.1, 0.15) is 32.6 Å². The van der Waals surface area contributed by atoms with Crippen LogP contribution in [0.25, 0.3) is 0 Å². The lowest BCUT2D eigenvalue weighted by molar-refractivity contribution is -0.140. The molecular weight excluding hydrogens is 224 g/mol. The van der Waals surface area contributed by atoms with Gasteiger partial charge in [-0.25, -0.2) is 9.59 Å². The molecule has 3 N–H and O–H groups in total. The topological polar surface area (TPSA) is 89.9 Å². The van der Waals surface area contributed by atoms with E-state index in [1.165, 1.54) is 0 Å². The molecule has 0 aromatic carbocycles. The van der Waals surface area contributed by atoms with Crippen LogP contribution in [0.3, 0.4) is 0 Å². The summed E-state index contributed by atoms with van der Waals surface area (Å²) >= 11 is 0. The number of aliphatic carboxylic acids is 1. The first kappa shape index (κ1) is 13.8. The highest BCUT2D eigenvalue weighted by Crippen LogP contribution is 2.27. The number of urea groups is 1. The van der Waals surface area contributed by atoms with Crippen molar-refractivity contribution in [2.24, 2.45) is 0 Å². The molecule has 0 spiro atoms. The van der Waals surface area contributed by atoms with Crippen LogP contribution in [0.15, 0.2) is 0 Å². The maximum Gasteiger partial charge on any atom is 0.328 e. The van der Waals surface area contributed by atoms with Gasteiger partial charge in [-0.3, -0.25) is 0 Å². The van der Waals surface area contributed by atoms with E-state index in [9.17, 15) is 9.59 Å². The molecule has 1 atom stereocenters. The standard InChI is InChI=1S/C11H20N2O4/c1-2-3-6-13(8-4-5-8)11(17)12-9(7-14)10(15)16/h8-9,14H,2-7H2,1H3,(H,12,17)(H,15,16)/t9-/m1/s1. The number of rotatable bonds is 7. The van der Waals surface area contributed by atoms with E-state index in [4.69, 9.17) is 10.2 Å². The Labute approximate surface area is 101 Å². The number of hydrogen-bond donors (Lipinski definition) is 3. The maximum absolute atomic E-state index is 11.8. The predicted octanol–water partition coefficient (Wildman–Crippen LogP) is 0.406. The van der Waals surface area contributed by atoms with Gasteiger partial charge in [0.05, 0.1) is 6.61 Å². The number of nitrogens with zero attached hydrogens (tertiary/aromatic N) is 1. The van der Waals surface area contributed by atoms with Crippen molar-refractivity contribution < 1.29 is 19.8 Å². The number of aliphatic hydroxyl groups is 1. The number of aliphatic hydroxyl groups excluding tert-OH is 1. The lowest BCUT2D eigenvalue weighted by Gasteiger charge is -2.24. The summed E-state index contributed by atoms with van der Waals surface area (Å²) in [6.45, 7) is 2.09. The third-order valence-electron chi connectivity index (χ3n) is 2.78. The second-order valence-corrected chi connectivity index (χ2v) is 4.30. The van der Waals surface area contributed by atoms with Crippen LogP contribution < -0.4 is 5.32 Å². The van der Waals surface area contributed by atoms with Gasteiger partial charge in [-0.15, -0.1) is 0 Å². The van der Waals surface area contributed by atoms with Gasteiger partial charge in [0.1, 0.15) is 0 Å². The van der Waals surface area contributed by atoms with E-state index in [1.54, 1.807) is 4.90 Å². The predicted molar refractivity (Wildman–Crippen MR) is 61.7 cm³/mol. The highest BCUT2D eigenvalue weighted by Gasteiger charge is 2.33. The lowest BCUT2D eigenvalue weighted by Crippen LogP contribution is -2.50. The first-order valence-electron chi connectivity index (χ1n) is 6.01. The minimum absolute atomic E-state index is 0.245. The molecule has 0 aliphatic heterocycles. The summed E-state index contributed by atoms with van der Waals surface area (Å²) in [7, 11) is 0. The highest BCUT2D eigenvalue weighted by atomic mass is 16.4. The van der Waals surface area contributed by atoms with E-state index in [1.807, 2.05) is 6.92 Å². The van der Waals surface area contributed by atoms with Crippen molar-refractivity contribution in [1.29, 1.82) is 0 Å². The smallest absolute Gasteiger partial charge is 0.328 e. The molecule has 1 fully saturated rings. The Morgan fingerprint density at radius 2 is 2.12 bits per heavy atom. The Balaban J connectivity index is 2.49. The van der Waals surface area contributed by atoms with E-state index in [-0.39, 0.29) is 12.1 Å². The molecule has 0 saturated heterocycles. The SMILES string of the molecule is CCCCN(C(=O)N[C@H](CO)C(=O)O)C1CC1. The number of carbonyl (C=O) groups excluding carboxylic acids is 1. The molecule has 98 valence electrons. The average Bonchev–Trinajstić information content (AvgIpc) is 3.10. The first-order chi connectivity index (χ1) is 8.10. The molecule has 1 aliphatic carbocycles.